The third-order valence-electron chi connectivity index (χ3n) is 4.20. The number of nitrogens with one attached hydrogen (secondary N) is 2. The first-order valence-corrected chi connectivity index (χ1v) is 8.79. The van der Waals surface area contributed by atoms with Gasteiger partial charge in [0.2, 0.25) is 0 Å². The average Bonchev–Trinajstić information content (AvgIpc) is 3.06. The number of furan rings is 1. The van der Waals surface area contributed by atoms with Crippen LogP contribution in [0.3, 0.4) is 0 Å². The van der Waals surface area contributed by atoms with Gasteiger partial charge in [-0.05, 0) is 54.7 Å². The molecule has 24 heavy (non-hydrogen) atoms. The maximum Gasteiger partial charge on any atom is 0.171 e. The number of thiocarbonyl (C=S) groups is 1. The molecule has 2 N–H and O–H groups in total. The van der Waals surface area contributed by atoms with Gasteiger partial charge in [0.25, 0.3) is 0 Å². The number of anilines is 2. The summed E-state index contributed by atoms with van der Waals surface area (Å²) in [6, 6.07) is 7.85. The van der Waals surface area contributed by atoms with Gasteiger partial charge in [0.05, 0.1) is 24.7 Å². The standard InChI is InChI=1S/C18H24N4OS/c1-13-8-14(2)12-22(11-13)17-6-5-15(9-19-17)21-18(24)20-10-16-4-3-7-23-16/h3-7,9,13-14H,8,10-12H2,1-2H3,(H2,20,21,24)/t13-,14-/m0/s1. The SMILES string of the molecule is C[C@H]1C[C@H](C)CN(c2ccc(NC(=S)NCc3ccco3)cn2)C1. The monoisotopic (exact) mass is 344 g/mol. The van der Waals surface area contributed by atoms with E-state index in [1.54, 1.807) is 6.26 Å². The van der Waals surface area contributed by atoms with Crippen LogP contribution in [0.5, 0.6) is 0 Å². The lowest BCUT2D eigenvalue weighted by molar-refractivity contribution is 0.355. The molecule has 0 amide bonds. The van der Waals surface area contributed by atoms with Crippen molar-refractivity contribution in [3.05, 3.63) is 42.5 Å². The van der Waals surface area contributed by atoms with E-state index in [1.807, 2.05) is 24.4 Å². The molecule has 2 aromatic heterocycles. The van der Waals surface area contributed by atoms with Crippen LogP contribution < -0.4 is 15.5 Å². The molecular weight excluding hydrogens is 320 g/mol. The van der Waals surface area contributed by atoms with Crippen LogP contribution in [-0.4, -0.2) is 23.2 Å². The van der Waals surface area contributed by atoms with Crippen molar-refractivity contribution >= 4 is 28.8 Å². The molecule has 6 heteroatoms. The molecule has 3 heterocycles. The Bertz CT molecular complexity index is 646. The van der Waals surface area contributed by atoms with Crippen molar-refractivity contribution in [1.82, 2.24) is 10.3 Å². The van der Waals surface area contributed by atoms with Gasteiger partial charge in [0.15, 0.2) is 5.11 Å². The first kappa shape index (κ1) is 16.8. The summed E-state index contributed by atoms with van der Waals surface area (Å²) >= 11 is 5.30. The number of nitrogens with zero attached hydrogens (tertiary/aromatic N) is 2. The molecule has 3 rings (SSSR count). The molecule has 1 fully saturated rings. The molecule has 0 aliphatic carbocycles. The van der Waals surface area contributed by atoms with Gasteiger partial charge < -0.3 is 20.0 Å². The van der Waals surface area contributed by atoms with Crippen LogP contribution in [0, 0.1) is 11.8 Å². The maximum absolute atomic E-state index is 5.30. The van der Waals surface area contributed by atoms with E-state index in [4.69, 9.17) is 16.6 Å². The van der Waals surface area contributed by atoms with E-state index in [1.165, 1.54) is 6.42 Å². The van der Waals surface area contributed by atoms with Crippen LogP contribution >= 0.6 is 12.2 Å². The summed E-state index contributed by atoms with van der Waals surface area (Å²) in [5.74, 6) is 3.31. The Morgan fingerprint density at radius 2 is 2.08 bits per heavy atom. The molecular formula is C18H24N4OS. The molecule has 1 saturated heterocycles. The lowest BCUT2D eigenvalue weighted by Crippen LogP contribution is -2.39. The Labute approximate surface area is 148 Å². The van der Waals surface area contributed by atoms with E-state index in [-0.39, 0.29) is 0 Å². The molecule has 0 spiro atoms. The van der Waals surface area contributed by atoms with Gasteiger partial charge in [-0.2, -0.15) is 0 Å². The lowest BCUT2D eigenvalue weighted by atomic mass is 9.92. The Hall–Kier alpha value is -2.08. The van der Waals surface area contributed by atoms with Crippen molar-refractivity contribution < 1.29 is 4.42 Å². The third-order valence-corrected chi connectivity index (χ3v) is 4.45. The summed E-state index contributed by atoms with van der Waals surface area (Å²) < 4.78 is 5.27. The highest BCUT2D eigenvalue weighted by atomic mass is 32.1. The van der Waals surface area contributed by atoms with Crippen molar-refractivity contribution in [2.45, 2.75) is 26.8 Å². The van der Waals surface area contributed by atoms with Gasteiger partial charge in [0.1, 0.15) is 11.6 Å². The highest BCUT2D eigenvalue weighted by Crippen LogP contribution is 2.25. The Balaban J connectivity index is 1.53. The van der Waals surface area contributed by atoms with E-state index in [9.17, 15) is 0 Å². The first-order chi connectivity index (χ1) is 11.6. The van der Waals surface area contributed by atoms with Gasteiger partial charge in [-0.25, -0.2) is 4.98 Å². The predicted molar refractivity (Wildman–Crippen MR) is 101 cm³/mol. The zero-order chi connectivity index (χ0) is 16.9. The summed E-state index contributed by atoms with van der Waals surface area (Å²) in [7, 11) is 0. The van der Waals surface area contributed by atoms with Crippen LogP contribution in [0.2, 0.25) is 0 Å². The van der Waals surface area contributed by atoms with Gasteiger partial charge in [-0.3, -0.25) is 0 Å². The largest absolute Gasteiger partial charge is 0.467 e. The second kappa shape index (κ2) is 7.66. The van der Waals surface area contributed by atoms with Gasteiger partial charge in [0, 0.05) is 13.1 Å². The van der Waals surface area contributed by atoms with Crippen LogP contribution in [0.4, 0.5) is 11.5 Å². The fourth-order valence-electron chi connectivity index (χ4n) is 3.25. The van der Waals surface area contributed by atoms with Crippen LogP contribution in [0.1, 0.15) is 26.0 Å². The zero-order valence-corrected chi connectivity index (χ0v) is 15.0. The molecule has 1 aliphatic rings. The number of rotatable bonds is 4. The molecule has 128 valence electrons. The molecule has 5 nitrogen and oxygen atoms in total. The molecule has 2 atom stereocenters. The topological polar surface area (TPSA) is 53.3 Å². The lowest BCUT2D eigenvalue weighted by Gasteiger charge is -2.35. The van der Waals surface area contributed by atoms with Crippen molar-refractivity contribution in [1.29, 1.82) is 0 Å². The van der Waals surface area contributed by atoms with Gasteiger partial charge in [-0.1, -0.05) is 13.8 Å². The predicted octanol–water partition coefficient (Wildman–Crippen LogP) is 3.64. The van der Waals surface area contributed by atoms with Gasteiger partial charge >= 0.3 is 0 Å². The van der Waals surface area contributed by atoms with E-state index < -0.39 is 0 Å². The minimum atomic E-state index is 0.557. The van der Waals surface area contributed by atoms with Crippen LogP contribution in [0.15, 0.2) is 41.1 Å². The molecule has 0 bridgehead atoms. The van der Waals surface area contributed by atoms with Gasteiger partial charge in [-0.15, -0.1) is 0 Å². The van der Waals surface area contributed by atoms with Crippen molar-refractivity contribution in [2.75, 3.05) is 23.3 Å². The third kappa shape index (κ3) is 4.47. The number of pyridine rings is 1. The van der Waals surface area contributed by atoms with Crippen molar-refractivity contribution in [2.24, 2.45) is 11.8 Å². The maximum atomic E-state index is 5.30. The fraction of sp³-hybridized carbons (Fsp3) is 0.444. The Morgan fingerprint density at radius 1 is 1.29 bits per heavy atom. The summed E-state index contributed by atoms with van der Waals surface area (Å²) in [6.07, 6.45) is 4.78. The summed E-state index contributed by atoms with van der Waals surface area (Å²) in [5.41, 5.74) is 0.883. The first-order valence-electron chi connectivity index (χ1n) is 8.38. The van der Waals surface area contributed by atoms with E-state index in [2.05, 4.69) is 40.4 Å². The number of aromatic nitrogens is 1. The number of piperidine rings is 1. The van der Waals surface area contributed by atoms with Crippen molar-refractivity contribution in [3.8, 4) is 0 Å². The van der Waals surface area contributed by atoms with Crippen LogP contribution in [0.25, 0.3) is 0 Å². The summed E-state index contributed by atoms with van der Waals surface area (Å²) in [4.78, 5) is 6.96. The minimum Gasteiger partial charge on any atom is -0.467 e. The molecule has 0 aromatic carbocycles. The normalized spacial score (nSPS) is 20.7. The summed E-state index contributed by atoms with van der Waals surface area (Å²) in [5, 5.41) is 6.82. The summed E-state index contributed by atoms with van der Waals surface area (Å²) in [6.45, 7) is 7.33. The molecule has 0 unspecified atom stereocenters. The molecule has 1 aliphatic heterocycles. The van der Waals surface area contributed by atoms with Crippen LogP contribution in [-0.2, 0) is 6.54 Å². The number of hydrogen-bond donors (Lipinski definition) is 2. The fourth-order valence-corrected chi connectivity index (χ4v) is 3.44. The highest BCUT2D eigenvalue weighted by molar-refractivity contribution is 7.80. The Kier molecular flexibility index (Phi) is 5.35. The molecule has 0 radical (unpaired) electrons. The molecule has 2 aromatic rings. The Morgan fingerprint density at radius 3 is 2.71 bits per heavy atom. The van der Waals surface area contributed by atoms with E-state index >= 15 is 0 Å². The second-order valence-electron chi connectivity index (χ2n) is 6.64. The quantitative estimate of drug-likeness (QED) is 0.826. The minimum absolute atomic E-state index is 0.557. The zero-order valence-electron chi connectivity index (χ0n) is 14.2. The van der Waals surface area contributed by atoms with E-state index in [0.29, 0.717) is 23.5 Å². The smallest absolute Gasteiger partial charge is 0.171 e. The van der Waals surface area contributed by atoms with Crippen molar-refractivity contribution in [3.63, 3.8) is 0 Å². The second-order valence-corrected chi connectivity index (χ2v) is 7.05. The average molecular weight is 344 g/mol. The number of hydrogen-bond acceptors (Lipinski definition) is 4. The molecule has 0 saturated carbocycles. The van der Waals surface area contributed by atoms with E-state index in [0.717, 1.165) is 30.4 Å². The highest BCUT2D eigenvalue weighted by Gasteiger charge is 2.22.